The van der Waals surface area contributed by atoms with Crippen LogP contribution in [0.4, 0.5) is 10.1 Å². The molecule has 5 nitrogen and oxygen atoms in total. The molecule has 2 aliphatic heterocycles. The number of aliphatic imine (C=N–C) groups is 1. The van der Waals surface area contributed by atoms with Crippen molar-refractivity contribution in [1.82, 2.24) is 10.6 Å². The average molecular weight is 395 g/mol. The summed E-state index contributed by atoms with van der Waals surface area (Å²) in [7, 11) is 0. The monoisotopic (exact) mass is 394 g/mol. The van der Waals surface area contributed by atoms with Gasteiger partial charge in [0.2, 0.25) is 0 Å². The van der Waals surface area contributed by atoms with Crippen molar-refractivity contribution in [2.24, 2.45) is 4.99 Å². The average Bonchev–Trinajstić information content (AvgIpc) is 3.07. The summed E-state index contributed by atoms with van der Waals surface area (Å²) in [5.41, 5.74) is 1.40. The summed E-state index contributed by atoms with van der Waals surface area (Å²) < 4.78 is 13.4. The zero-order valence-electron chi connectivity index (χ0n) is 16.3. The quantitative estimate of drug-likeness (QED) is 0.529. The highest BCUT2D eigenvalue weighted by Gasteiger charge is 2.31. The molecule has 0 radical (unpaired) electrons. The molecule has 0 aromatic heterocycles. The number of rotatable bonds is 5. The minimum atomic E-state index is -0.670. The minimum absolute atomic E-state index is 0.187. The molecular formula is C20H31FN4OS. The van der Waals surface area contributed by atoms with Crippen molar-refractivity contribution in [3.05, 3.63) is 29.6 Å². The molecule has 1 aromatic carbocycles. The van der Waals surface area contributed by atoms with Crippen LogP contribution in [0.15, 0.2) is 23.2 Å². The van der Waals surface area contributed by atoms with Crippen molar-refractivity contribution in [3.8, 4) is 0 Å². The number of hydrogen-bond donors (Lipinski definition) is 3. The van der Waals surface area contributed by atoms with E-state index in [1.165, 1.54) is 6.07 Å². The van der Waals surface area contributed by atoms with Gasteiger partial charge in [-0.05, 0) is 62.6 Å². The van der Waals surface area contributed by atoms with Gasteiger partial charge in [0.1, 0.15) is 5.82 Å². The molecule has 2 saturated heterocycles. The highest BCUT2D eigenvalue weighted by atomic mass is 32.2. The Morgan fingerprint density at radius 1 is 1.48 bits per heavy atom. The van der Waals surface area contributed by atoms with Crippen LogP contribution in [0, 0.1) is 12.7 Å². The van der Waals surface area contributed by atoms with Crippen LogP contribution in [0.2, 0.25) is 0 Å². The highest BCUT2D eigenvalue weighted by molar-refractivity contribution is 7.99. The summed E-state index contributed by atoms with van der Waals surface area (Å²) in [6.07, 6.45) is 2.96. The predicted molar refractivity (Wildman–Crippen MR) is 112 cm³/mol. The summed E-state index contributed by atoms with van der Waals surface area (Å²) in [6, 6.07) is 5.27. The van der Waals surface area contributed by atoms with E-state index in [0.29, 0.717) is 6.54 Å². The molecule has 2 fully saturated rings. The van der Waals surface area contributed by atoms with Crippen molar-refractivity contribution < 1.29 is 9.50 Å². The fourth-order valence-electron chi connectivity index (χ4n) is 3.75. The maximum absolute atomic E-state index is 13.4. The number of nitrogens with one attached hydrogen (secondary N) is 2. The molecule has 2 unspecified atom stereocenters. The van der Waals surface area contributed by atoms with Gasteiger partial charge in [0.05, 0.1) is 12.1 Å². The van der Waals surface area contributed by atoms with Crippen LogP contribution in [0.25, 0.3) is 0 Å². The Bertz CT molecular complexity index is 663. The van der Waals surface area contributed by atoms with Gasteiger partial charge in [-0.1, -0.05) is 0 Å². The van der Waals surface area contributed by atoms with E-state index in [0.717, 1.165) is 67.6 Å². The van der Waals surface area contributed by atoms with E-state index in [9.17, 15) is 9.50 Å². The van der Waals surface area contributed by atoms with Gasteiger partial charge in [0.15, 0.2) is 5.96 Å². The molecule has 0 saturated carbocycles. The molecule has 3 rings (SSSR count). The second-order valence-electron chi connectivity index (χ2n) is 7.58. The van der Waals surface area contributed by atoms with E-state index in [2.05, 4.69) is 20.5 Å². The van der Waals surface area contributed by atoms with Gasteiger partial charge in [-0.25, -0.2) is 4.39 Å². The van der Waals surface area contributed by atoms with Crippen LogP contribution in [-0.4, -0.2) is 60.4 Å². The summed E-state index contributed by atoms with van der Waals surface area (Å²) in [6.45, 7) is 7.06. The molecule has 0 aliphatic carbocycles. The van der Waals surface area contributed by atoms with Crippen molar-refractivity contribution >= 4 is 23.4 Å². The molecule has 1 aromatic rings. The smallest absolute Gasteiger partial charge is 0.191 e. The Kier molecular flexibility index (Phi) is 6.87. The molecule has 3 N–H and O–H groups in total. The number of thioether (sulfide) groups is 1. The van der Waals surface area contributed by atoms with Gasteiger partial charge in [0, 0.05) is 37.1 Å². The first-order valence-corrected chi connectivity index (χ1v) is 11.0. The lowest BCUT2D eigenvalue weighted by molar-refractivity contribution is 0.0778. The van der Waals surface area contributed by atoms with Gasteiger partial charge < -0.3 is 20.6 Å². The van der Waals surface area contributed by atoms with Crippen LogP contribution >= 0.6 is 11.8 Å². The summed E-state index contributed by atoms with van der Waals surface area (Å²) in [4.78, 5) is 6.97. The number of guanidine groups is 1. The van der Waals surface area contributed by atoms with E-state index in [4.69, 9.17) is 0 Å². The fraction of sp³-hybridized carbons (Fsp3) is 0.650. The maximum atomic E-state index is 13.4. The topological polar surface area (TPSA) is 59.9 Å². The van der Waals surface area contributed by atoms with E-state index >= 15 is 0 Å². The Hall–Kier alpha value is -1.47. The van der Waals surface area contributed by atoms with Crippen molar-refractivity contribution in [3.63, 3.8) is 0 Å². The van der Waals surface area contributed by atoms with E-state index in [1.807, 2.05) is 19.9 Å². The molecule has 2 heterocycles. The standard InChI is InChI=1S/C20H31FN4OS/c1-3-22-19(23-13-20(26)8-10-27-14-20)24-17-5-4-9-25(12-17)18-7-6-16(21)11-15(18)2/h6-7,11,17,26H,3-5,8-10,12-14H2,1-2H3,(H2,22,23,24). The fourth-order valence-corrected chi connectivity index (χ4v) is 5.03. The number of aryl methyl sites for hydroxylation is 1. The zero-order valence-corrected chi connectivity index (χ0v) is 17.1. The zero-order chi connectivity index (χ0) is 19.3. The third kappa shape index (κ3) is 5.51. The predicted octanol–water partition coefficient (Wildman–Crippen LogP) is 2.53. The first kappa shape index (κ1) is 20.3. The van der Waals surface area contributed by atoms with Crippen molar-refractivity contribution in [1.29, 1.82) is 0 Å². The lowest BCUT2D eigenvalue weighted by Gasteiger charge is -2.36. The summed E-state index contributed by atoms with van der Waals surface area (Å²) >= 11 is 1.79. The van der Waals surface area contributed by atoms with Crippen molar-refractivity contribution in [2.75, 3.05) is 42.6 Å². The first-order chi connectivity index (χ1) is 13.0. The first-order valence-electron chi connectivity index (χ1n) is 9.85. The highest BCUT2D eigenvalue weighted by Crippen LogP contribution is 2.28. The second-order valence-corrected chi connectivity index (χ2v) is 8.69. The van der Waals surface area contributed by atoms with Crippen LogP contribution in [0.5, 0.6) is 0 Å². The van der Waals surface area contributed by atoms with E-state index in [-0.39, 0.29) is 11.9 Å². The second kappa shape index (κ2) is 9.15. The minimum Gasteiger partial charge on any atom is -0.387 e. The Balaban J connectivity index is 1.63. The third-order valence-corrected chi connectivity index (χ3v) is 6.45. The number of benzene rings is 1. The lowest BCUT2D eigenvalue weighted by Crippen LogP contribution is -2.51. The normalized spacial score (nSPS) is 26.3. The largest absolute Gasteiger partial charge is 0.387 e. The molecule has 2 aliphatic rings. The molecule has 150 valence electrons. The molecule has 0 amide bonds. The molecule has 0 bridgehead atoms. The van der Waals surface area contributed by atoms with Gasteiger partial charge in [-0.2, -0.15) is 11.8 Å². The number of anilines is 1. The van der Waals surface area contributed by atoms with Crippen molar-refractivity contribution in [2.45, 2.75) is 44.8 Å². The Morgan fingerprint density at radius 2 is 2.33 bits per heavy atom. The van der Waals surface area contributed by atoms with E-state index in [1.54, 1.807) is 17.8 Å². The number of hydrogen-bond acceptors (Lipinski definition) is 4. The Morgan fingerprint density at radius 3 is 3.04 bits per heavy atom. The SMILES string of the molecule is CCNC(=NCC1(O)CCSC1)NC1CCCN(c2ccc(F)cc2C)C1. The number of piperidine rings is 1. The molecule has 2 atom stereocenters. The van der Waals surface area contributed by atoms with Crippen LogP contribution in [0.3, 0.4) is 0 Å². The molecule has 27 heavy (non-hydrogen) atoms. The maximum Gasteiger partial charge on any atom is 0.191 e. The van der Waals surface area contributed by atoms with Gasteiger partial charge in [0.25, 0.3) is 0 Å². The summed E-state index contributed by atoms with van der Waals surface area (Å²) in [5.74, 6) is 2.35. The number of halogens is 1. The third-order valence-electron chi connectivity index (χ3n) is 5.22. The lowest BCUT2D eigenvalue weighted by atomic mass is 10.0. The Labute approximate surface area is 165 Å². The molecule has 7 heteroatoms. The van der Waals surface area contributed by atoms with E-state index < -0.39 is 5.60 Å². The van der Waals surface area contributed by atoms with Crippen LogP contribution in [-0.2, 0) is 0 Å². The summed E-state index contributed by atoms with van der Waals surface area (Å²) in [5, 5.41) is 17.4. The van der Waals surface area contributed by atoms with Crippen LogP contribution in [0.1, 0.15) is 31.7 Å². The van der Waals surface area contributed by atoms with Crippen LogP contribution < -0.4 is 15.5 Å². The molecule has 0 spiro atoms. The number of aliphatic hydroxyl groups is 1. The van der Waals surface area contributed by atoms with Gasteiger partial charge in [-0.3, -0.25) is 4.99 Å². The molecular weight excluding hydrogens is 363 g/mol. The van der Waals surface area contributed by atoms with Gasteiger partial charge >= 0.3 is 0 Å². The van der Waals surface area contributed by atoms with Gasteiger partial charge in [-0.15, -0.1) is 0 Å². The number of nitrogens with zero attached hydrogens (tertiary/aromatic N) is 2.